The van der Waals surface area contributed by atoms with Gasteiger partial charge in [-0.2, -0.15) is 11.3 Å². The summed E-state index contributed by atoms with van der Waals surface area (Å²) in [6, 6.07) is 10.1. The third-order valence-electron chi connectivity index (χ3n) is 3.07. The van der Waals surface area contributed by atoms with Crippen LogP contribution in [0.4, 0.5) is 5.69 Å². The maximum atomic E-state index is 12.0. The van der Waals surface area contributed by atoms with Crippen LogP contribution in [0.15, 0.2) is 41.1 Å². The molecule has 0 saturated carbocycles. The van der Waals surface area contributed by atoms with Crippen LogP contribution >= 0.6 is 11.3 Å². The topological polar surface area (TPSA) is 32.3 Å². The Morgan fingerprint density at radius 1 is 1.30 bits per heavy atom. The Balaban J connectivity index is 1.85. The lowest BCUT2D eigenvalue weighted by Crippen LogP contribution is -2.29. The van der Waals surface area contributed by atoms with Crippen molar-refractivity contribution < 1.29 is 4.79 Å². The molecule has 1 aromatic heterocycles. The second-order valence-electron chi connectivity index (χ2n) is 4.91. The molecule has 1 aromatic carbocycles. The minimum Gasteiger partial charge on any atom is -0.325 e. The third kappa shape index (κ3) is 4.47. The molecule has 20 heavy (non-hydrogen) atoms. The van der Waals surface area contributed by atoms with Crippen LogP contribution < -0.4 is 5.32 Å². The molecule has 1 heterocycles. The Hall–Kier alpha value is -1.65. The summed E-state index contributed by atoms with van der Waals surface area (Å²) in [6.45, 7) is 3.30. The van der Waals surface area contributed by atoms with E-state index in [2.05, 4.69) is 35.1 Å². The molecule has 1 N–H and O–H groups in total. The number of carbonyl (C=O) groups excluding carboxylic acids is 1. The Labute approximate surface area is 124 Å². The van der Waals surface area contributed by atoms with Gasteiger partial charge in [-0.1, -0.05) is 19.1 Å². The number of thiophene rings is 1. The average Bonchev–Trinajstić information content (AvgIpc) is 2.91. The first kappa shape index (κ1) is 14.8. The number of nitrogens with one attached hydrogen (secondary N) is 1. The maximum Gasteiger partial charge on any atom is 0.238 e. The third-order valence-corrected chi connectivity index (χ3v) is 3.80. The highest BCUT2D eigenvalue weighted by molar-refractivity contribution is 7.07. The van der Waals surface area contributed by atoms with E-state index in [4.69, 9.17) is 0 Å². The summed E-state index contributed by atoms with van der Waals surface area (Å²) in [6.07, 6.45) is 0.974. The van der Waals surface area contributed by atoms with Crippen molar-refractivity contribution in [1.29, 1.82) is 0 Å². The summed E-state index contributed by atoms with van der Waals surface area (Å²) in [4.78, 5) is 14.0. The first-order valence-corrected chi connectivity index (χ1v) is 7.70. The minimum atomic E-state index is 0.0241. The van der Waals surface area contributed by atoms with E-state index in [1.165, 1.54) is 11.1 Å². The van der Waals surface area contributed by atoms with E-state index in [0.29, 0.717) is 6.54 Å². The van der Waals surface area contributed by atoms with Gasteiger partial charge < -0.3 is 5.32 Å². The lowest BCUT2D eigenvalue weighted by atomic mass is 10.1. The normalized spacial score (nSPS) is 10.8. The van der Waals surface area contributed by atoms with E-state index < -0.39 is 0 Å². The fourth-order valence-corrected chi connectivity index (χ4v) is 2.72. The van der Waals surface area contributed by atoms with Crippen LogP contribution in [-0.4, -0.2) is 24.4 Å². The summed E-state index contributed by atoms with van der Waals surface area (Å²) in [7, 11) is 1.96. The monoisotopic (exact) mass is 288 g/mol. The van der Waals surface area contributed by atoms with Crippen molar-refractivity contribution in [3.05, 3.63) is 52.2 Å². The summed E-state index contributed by atoms with van der Waals surface area (Å²) in [5.74, 6) is 0.0241. The van der Waals surface area contributed by atoms with Crippen molar-refractivity contribution in [2.24, 2.45) is 0 Å². The Kier molecular flexibility index (Phi) is 5.32. The zero-order valence-corrected chi connectivity index (χ0v) is 12.7. The standard InChI is InChI=1S/C16H20N2OS/c1-3-13-5-4-6-15(9-13)17-16(19)11-18(2)10-14-7-8-20-12-14/h4-9,12H,3,10-11H2,1-2H3,(H,17,19). The van der Waals surface area contributed by atoms with Crippen LogP contribution in [0.1, 0.15) is 18.1 Å². The van der Waals surface area contributed by atoms with Crippen molar-refractivity contribution in [1.82, 2.24) is 4.90 Å². The molecule has 2 aromatic rings. The van der Waals surface area contributed by atoms with Gasteiger partial charge in [0.2, 0.25) is 5.91 Å². The molecule has 0 aliphatic rings. The number of hydrogen-bond acceptors (Lipinski definition) is 3. The van der Waals surface area contributed by atoms with Crippen molar-refractivity contribution in [2.75, 3.05) is 18.9 Å². The zero-order chi connectivity index (χ0) is 14.4. The second-order valence-corrected chi connectivity index (χ2v) is 5.69. The number of rotatable bonds is 6. The first-order chi connectivity index (χ1) is 9.67. The van der Waals surface area contributed by atoms with Gasteiger partial charge in [0.25, 0.3) is 0 Å². The molecule has 1 amide bonds. The molecule has 106 valence electrons. The second kappa shape index (κ2) is 7.22. The summed E-state index contributed by atoms with van der Waals surface area (Å²) in [5.41, 5.74) is 3.35. The fraction of sp³-hybridized carbons (Fsp3) is 0.312. The SMILES string of the molecule is CCc1cccc(NC(=O)CN(C)Cc2ccsc2)c1. The lowest BCUT2D eigenvalue weighted by Gasteiger charge is -2.15. The Morgan fingerprint density at radius 2 is 2.15 bits per heavy atom. The van der Waals surface area contributed by atoms with Crippen molar-refractivity contribution in [3.63, 3.8) is 0 Å². The van der Waals surface area contributed by atoms with Crippen molar-refractivity contribution >= 4 is 22.9 Å². The number of amides is 1. The number of benzene rings is 1. The number of aryl methyl sites for hydroxylation is 1. The highest BCUT2D eigenvalue weighted by Gasteiger charge is 2.08. The van der Waals surface area contributed by atoms with Crippen LogP contribution in [0, 0.1) is 0 Å². The summed E-state index contributed by atoms with van der Waals surface area (Å²) >= 11 is 1.68. The van der Waals surface area contributed by atoms with Gasteiger partial charge in [-0.05, 0) is 53.6 Å². The van der Waals surface area contributed by atoms with Gasteiger partial charge in [-0.3, -0.25) is 9.69 Å². The average molecular weight is 288 g/mol. The van der Waals surface area contributed by atoms with E-state index in [-0.39, 0.29) is 5.91 Å². The molecule has 2 rings (SSSR count). The molecule has 0 aliphatic heterocycles. The molecule has 4 heteroatoms. The van der Waals surface area contributed by atoms with Crippen LogP contribution in [0.2, 0.25) is 0 Å². The van der Waals surface area contributed by atoms with Crippen LogP contribution in [0.25, 0.3) is 0 Å². The van der Waals surface area contributed by atoms with E-state index in [1.54, 1.807) is 11.3 Å². The molecule has 0 saturated heterocycles. The van der Waals surface area contributed by atoms with Gasteiger partial charge >= 0.3 is 0 Å². The molecule has 0 atom stereocenters. The molecule has 0 radical (unpaired) electrons. The number of nitrogens with zero attached hydrogens (tertiary/aromatic N) is 1. The Morgan fingerprint density at radius 3 is 2.85 bits per heavy atom. The lowest BCUT2D eigenvalue weighted by molar-refractivity contribution is -0.117. The van der Waals surface area contributed by atoms with Gasteiger partial charge in [0.1, 0.15) is 0 Å². The van der Waals surface area contributed by atoms with Gasteiger partial charge in [0.05, 0.1) is 6.54 Å². The van der Waals surface area contributed by atoms with Crippen molar-refractivity contribution in [3.8, 4) is 0 Å². The predicted molar refractivity (Wildman–Crippen MR) is 85.1 cm³/mol. The largest absolute Gasteiger partial charge is 0.325 e. The van der Waals surface area contributed by atoms with Crippen LogP contribution in [-0.2, 0) is 17.8 Å². The molecule has 0 spiro atoms. The van der Waals surface area contributed by atoms with Gasteiger partial charge in [-0.25, -0.2) is 0 Å². The zero-order valence-electron chi connectivity index (χ0n) is 11.9. The van der Waals surface area contributed by atoms with Crippen LogP contribution in [0.3, 0.4) is 0 Å². The molecule has 0 fully saturated rings. The highest BCUT2D eigenvalue weighted by atomic mass is 32.1. The minimum absolute atomic E-state index is 0.0241. The predicted octanol–water partition coefficient (Wildman–Crippen LogP) is 3.38. The smallest absolute Gasteiger partial charge is 0.238 e. The molecular formula is C16H20N2OS. The van der Waals surface area contributed by atoms with Gasteiger partial charge in [0, 0.05) is 12.2 Å². The van der Waals surface area contributed by atoms with Gasteiger partial charge in [0.15, 0.2) is 0 Å². The molecule has 0 bridgehead atoms. The number of carbonyl (C=O) groups is 1. The summed E-state index contributed by atoms with van der Waals surface area (Å²) < 4.78 is 0. The van der Waals surface area contributed by atoms with E-state index in [9.17, 15) is 4.79 Å². The molecule has 3 nitrogen and oxygen atoms in total. The van der Waals surface area contributed by atoms with E-state index >= 15 is 0 Å². The number of likely N-dealkylation sites (N-methyl/N-ethyl adjacent to an activating group) is 1. The van der Waals surface area contributed by atoms with Crippen LogP contribution in [0.5, 0.6) is 0 Å². The molecule has 0 unspecified atom stereocenters. The molecular weight excluding hydrogens is 268 g/mol. The maximum absolute atomic E-state index is 12.0. The van der Waals surface area contributed by atoms with Crippen molar-refractivity contribution in [2.45, 2.75) is 19.9 Å². The fourth-order valence-electron chi connectivity index (χ4n) is 2.06. The summed E-state index contributed by atoms with van der Waals surface area (Å²) in [5, 5.41) is 7.11. The van der Waals surface area contributed by atoms with Gasteiger partial charge in [-0.15, -0.1) is 0 Å². The quantitative estimate of drug-likeness (QED) is 0.884. The van der Waals surface area contributed by atoms with E-state index in [1.807, 2.05) is 30.1 Å². The first-order valence-electron chi connectivity index (χ1n) is 6.76. The number of anilines is 1. The van der Waals surface area contributed by atoms with E-state index in [0.717, 1.165) is 18.7 Å². The number of hydrogen-bond donors (Lipinski definition) is 1. The highest BCUT2D eigenvalue weighted by Crippen LogP contribution is 2.12. The Bertz CT molecular complexity index is 551. The molecule has 0 aliphatic carbocycles.